The molecule has 3 aromatic carbocycles. The highest BCUT2D eigenvalue weighted by molar-refractivity contribution is 8.01. The molecular formula is C30H33N3O3S. The van der Waals surface area contributed by atoms with Gasteiger partial charge in [0, 0.05) is 23.5 Å². The molecule has 0 radical (unpaired) electrons. The second kappa shape index (κ2) is 9.45. The number of rotatable bonds is 4. The zero-order chi connectivity index (χ0) is 26.4. The molecule has 6 nitrogen and oxygen atoms in total. The Morgan fingerprint density at radius 2 is 1.84 bits per heavy atom. The van der Waals surface area contributed by atoms with E-state index in [1.165, 1.54) is 17.3 Å². The van der Waals surface area contributed by atoms with Crippen molar-refractivity contribution in [2.24, 2.45) is 0 Å². The van der Waals surface area contributed by atoms with Gasteiger partial charge in [0.2, 0.25) is 0 Å². The van der Waals surface area contributed by atoms with Crippen molar-refractivity contribution in [1.82, 2.24) is 4.90 Å². The van der Waals surface area contributed by atoms with E-state index in [0.29, 0.717) is 30.3 Å². The molecule has 1 saturated heterocycles. The van der Waals surface area contributed by atoms with Crippen LogP contribution in [0.1, 0.15) is 43.0 Å². The lowest BCUT2D eigenvalue weighted by Gasteiger charge is -2.33. The quantitative estimate of drug-likeness (QED) is 0.444. The van der Waals surface area contributed by atoms with E-state index in [1.54, 1.807) is 12.0 Å². The number of ether oxygens (including phenoxy) is 1. The topological polar surface area (TPSA) is 61.9 Å². The molecule has 1 fully saturated rings. The maximum absolute atomic E-state index is 14.3. The summed E-state index contributed by atoms with van der Waals surface area (Å²) in [7, 11) is 1.61. The molecule has 0 unspecified atom stereocenters. The van der Waals surface area contributed by atoms with Crippen LogP contribution in [-0.2, 0) is 21.6 Å². The molecule has 1 atom stereocenters. The molecule has 2 aliphatic heterocycles. The first kappa shape index (κ1) is 25.2. The van der Waals surface area contributed by atoms with Crippen molar-refractivity contribution in [3.8, 4) is 5.75 Å². The van der Waals surface area contributed by atoms with E-state index in [-0.39, 0.29) is 17.4 Å². The number of hydrogen-bond donors (Lipinski definition) is 1. The molecule has 1 spiro atoms. The smallest absolute Gasteiger partial charge is 0.323 e. The van der Waals surface area contributed by atoms with E-state index in [9.17, 15) is 9.59 Å². The second-order valence-corrected chi connectivity index (χ2v) is 12.0. The third-order valence-corrected chi connectivity index (χ3v) is 8.50. The third kappa shape index (κ3) is 4.46. The average Bonchev–Trinajstić information content (AvgIpc) is 3.41. The van der Waals surface area contributed by atoms with Gasteiger partial charge in [-0.25, -0.2) is 4.79 Å². The molecule has 0 bridgehead atoms. The van der Waals surface area contributed by atoms with Crippen LogP contribution >= 0.6 is 11.8 Å². The second-order valence-electron chi connectivity index (χ2n) is 10.7. The molecular weight excluding hydrogens is 482 g/mol. The standard InChI is InChI=1S/C30H33N3O3S/c1-20-7-6-8-23(17-20)31-28(35)33-15-16-37-30(33)25-18-24(36-5)13-14-26(25)32(27(30)34)19-21-9-11-22(12-10-21)29(2,3)4/h6-14,17-18H,15-16,19H2,1-5H3,(H,31,35)/t30-/m1/s1. The van der Waals surface area contributed by atoms with Gasteiger partial charge < -0.3 is 15.0 Å². The number of nitrogens with one attached hydrogen (secondary N) is 1. The zero-order valence-corrected chi connectivity index (χ0v) is 22.8. The Labute approximate surface area is 223 Å². The number of carbonyl (C=O) groups excluding carboxylic acids is 2. The molecule has 2 aliphatic rings. The van der Waals surface area contributed by atoms with Gasteiger partial charge in [-0.15, -0.1) is 11.8 Å². The summed E-state index contributed by atoms with van der Waals surface area (Å²) >= 11 is 1.51. The van der Waals surface area contributed by atoms with Crippen LogP contribution in [0.15, 0.2) is 66.7 Å². The monoisotopic (exact) mass is 515 g/mol. The van der Waals surface area contributed by atoms with Crippen LogP contribution in [0, 0.1) is 6.92 Å². The summed E-state index contributed by atoms with van der Waals surface area (Å²) in [5, 5.41) is 3.01. The van der Waals surface area contributed by atoms with Crippen LogP contribution in [0.25, 0.3) is 0 Å². The largest absolute Gasteiger partial charge is 0.497 e. The lowest BCUT2D eigenvalue weighted by atomic mass is 9.87. The lowest BCUT2D eigenvalue weighted by Crippen LogP contribution is -2.51. The molecule has 37 heavy (non-hydrogen) atoms. The van der Waals surface area contributed by atoms with Crippen LogP contribution in [0.3, 0.4) is 0 Å². The Hall–Kier alpha value is -3.45. The highest BCUT2D eigenvalue weighted by Crippen LogP contribution is 2.55. The van der Waals surface area contributed by atoms with Gasteiger partial charge in [-0.1, -0.05) is 57.2 Å². The fraction of sp³-hybridized carbons (Fsp3) is 0.333. The molecule has 3 aromatic rings. The van der Waals surface area contributed by atoms with Crippen molar-refractivity contribution in [3.05, 3.63) is 89.0 Å². The molecule has 192 valence electrons. The van der Waals surface area contributed by atoms with E-state index in [4.69, 9.17) is 4.74 Å². The van der Waals surface area contributed by atoms with Gasteiger partial charge in [-0.05, 0) is 59.4 Å². The molecule has 0 saturated carbocycles. The molecule has 2 heterocycles. The Morgan fingerprint density at radius 1 is 1.08 bits per heavy atom. The number of amides is 3. The van der Waals surface area contributed by atoms with Gasteiger partial charge in [0.25, 0.3) is 5.91 Å². The summed E-state index contributed by atoms with van der Waals surface area (Å²) in [4.78, 5) is 30.2. The van der Waals surface area contributed by atoms with Crippen LogP contribution in [0.2, 0.25) is 0 Å². The van der Waals surface area contributed by atoms with E-state index < -0.39 is 4.87 Å². The normalized spacial score (nSPS) is 18.9. The minimum Gasteiger partial charge on any atom is -0.497 e. The first-order valence-corrected chi connectivity index (χ1v) is 13.5. The number of hydrogen-bond acceptors (Lipinski definition) is 4. The average molecular weight is 516 g/mol. The fourth-order valence-corrected chi connectivity index (χ4v) is 6.54. The third-order valence-electron chi connectivity index (χ3n) is 7.08. The van der Waals surface area contributed by atoms with Crippen molar-refractivity contribution < 1.29 is 14.3 Å². The maximum Gasteiger partial charge on any atom is 0.323 e. The molecule has 1 N–H and O–H groups in total. The highest BCUT2D eigenvalue weighted by Gasteiger charge is 2.59. The molecule has 0 aromatic heterocycles. The van der Waals surface area contributed by atoms with Crippen LogP contribution < -0.4 is 15.0 Å². The molecule has 0 aliphatic carbocycles. The number of methoxy groups -OCH3 is 1. The Kier molecular flexibility index (Phi) is 6.44. The number of anilines is 2. The van der Waals surface area contributed by atoms with Gasteiger partial charge >= 0.3 is 6.03 Å². The van der Waals surface area contributed by atoms with Crippen LogP contribution in [-0.4, -0.2) is 36.2 Å². The van der Waals surface area contributed by atoms with E-state index in [2.05, 4.69) is 50.4 Å². The lowest BCUT2D eigenvalue weighted by molar-refractivity contribution is -0.123. The summed E-state index contributed by atoms with van der Waals surface area (Å²) in [5.74, 6) is 1.23. The summed E-state index contributed by atoms with van der Waals surface area (Å²) in [6.07, 6.45) is 0. The molecule has 3 amide bonds. The number of thioether (sulfide) groups is 1. The SMILES string of the molecule is COc1ccc2c(c1)[C@@]1(SCCN1C(=O)Nc1cccc(C)c1)C(=O)N2Cc1ccc(C(C)(C)C)cc1. The minimum atomic E-state index is -1.14. The predicted molar refractivity (Wildman–Crippen MR) is 150 cm³/mol. The molecule has 5 rings (SSSR count). The van der Waals surface area contributed by atoms with Crippen LogP contribution in [0.4, 0.5) is 16.2 Å². The summed E-state index contributed by atoms with van der Waals surface area (Å²) in [6.45, 7) is 9.45. The van der Waals surface area contributed by atoms with E-state index in [0.717, 1.165) is 22.4 Å². The van der Waals surface area contributed by atoms with Crippen molar-refractivity contribution in [2.75, 3.05) is 29.6 Å². The minimum absolute atomic E-state index is 0.0564. The summed E-state index contributed by atoms with van der Waals surface area (Å²) in [5.41, 5.74) is 5.72. The number of fused-ring (bicyclic) bond motifs is 2. The van der Waals surface area contributed by atoms with Gasteiger partial charge in [0.15, 0.2) is 4.87 Å². The van der Waals surface area contributed by atoms with Gasteiger partial charge in [-0.2, -0.15) is 0 Å². The maximum atomic E-state index is 14.3. The van der Waals surface area contributed by atoms with E-state index >= 15 is 0 Å². The van der Waals surface area contributed by atoms with Crippen molar-refractivity contribution in [2.45, 2.75) is 44.5 Å². The highest BCUT2D eigenvalue weighted by atomic mass is 32.2. The summed E-state index contributed by atoms with van der Waals surface area (Å²) < 4.78 is 5.52. The van der Waals surface area contributed by atoms with Gasteiger partial charge in [-0.3, -0.25) is 9.69 Å². The number of benzene rings is 3. The number of carbonyl (C=O) groups is 2. The first-order valence-electron chi connectivity index (χ1n) is 12.5. The Bertz CT molecular complexity index is 1350. The fourth-order valence-electron chi connectivity index (χ4n) is 5.08. The van der Waals surface area contributed by atoms with Crippen molar-refractivity contribution in [3.63, 3.8) is 0 Å². The summed E-state index contributed by atoms with van der Waals surface area (Å²) in [6, 6.07) is 21.5. The van der Waals surface area contributed by atoms with Crippen molar-refractivity contribution >= 4 is 35.1 Å². The van der Waals surface area contributed by atoms with Gasteiger partial charge in [0.1, 0.15) is 5.75 Å². The predicted octanol–water partition coefficient (Wildman–Crippen LogP) is 6.28. The van der Waals surface area contributed by atoms with E-state index in [1.807, 2.05) is 54.3 Å². The Balaban J connectivity index is 1.51. The van der Waals surface area contributed by atoms with Crippen LogP contribution in [0.5, 0.6) is 5.75 Å². The number of urea groups is 1. The van der Waals surface area contributed by atoms with Crippen molar-refractivity contribution in [1.29, 1.82) is 0 Å². The first-order chi connectivity index (χ1) is 17.6. The number of nitrogens with zero attached hydrogens (tertiary/aromatic N) is 2. The van der Waals surface area contributed by atoms with Gasteiger partial charge in [0.05, 0.1) is 19.3 Å². The number of aryl methyl sites for hydroxylation is 1. The molecule has 7 heteroatoms. The zero-order valence-electron chi connectivity index (χ0n) is 22.0. The Morgan fingerprint density at radius 3 is 2.51 bits per heavy atom.